The van der Waals surface area contributed by atoms with Gasteiger partial charge in [-0.25, -0.2) is 6.57 Å². The fraction of sp³-hybridized carbons (Fsp3) is 0.364. The molecule has 1 aromatic carbocycles. The lowest BCUT2D eigenvalue weighted by Crippen LogP contribution is -2.08. The molecule has 0 N–H and O–H groups in total. The molecule has 1 unspecified atom stereocenters. The molecular weight excluding hydrogens is 203 g/mol. The smallest absolute Gasteiger partial charge is 0.309 e. The summed E-state index contributed by atoms with van der Waals surface area (Å²) >= 11 is 0. The highest BCUT2D eigenvalue weighted by atomic mass is 19.4. The van der Waals surface area contributed by atoms with Crippen LogP contribution in [-0.2, 0) is 6.18 Å². The Labute approximate surface area is 86.4 Å². The number of nitrogens with zero attached hydrogens (tertiary/aromatic N) is 1. The third-order valence-electron chi connectivity index (χ3n) is 2.24. The van der Waals surface area contributed by atoms with Crippen LogP contribution in [0.5, 0.6) is 0 Å². The lowest BCUT2D eigenvalue weighted by molar-refractivity contribution is -0.138. The van der Waals surface area contributed by atoms with Crippen LogP contribution in [0.1, 0.15) is 29.7 Å². The molecule has 0 amide bonds. The summed E-state index contributed by atoms with van der Waals surface area (Å²) in [4.78, 5) is 3.19. The summed E-state index contributed by atoms with van der Waals surface area (Å²) in [7, 11) is 0. The van der Waals surface area contributed by atoms with Crippen molar-refractivity contribution in [1.29, 1.82) is 0 Å². The zero-order valence-electron chi connectivity index (χ0n) is 8.39. The first-order chi connectivity index (χ1) is 6.86. The maximum atomic E-state index is 12.5. The van der Waals surface area contributed by atoms with E-state index in [1.807, 2.05) is 0 Å². The summed E-state index contributed by atoms with van der Waals surface area (Å²) in [5, 5.41) is 0. The fourth-order valence-electron chi connectivity index (χ4n) is 1.28. The molecule has 0 aliphatic rings. The van der Waals surface area contributed by atoms with Crippen LogP contribution in [0.4, 0.5) is 13.2 Å². The minimum absolute atomic E-state index is 0.184. The lowest BCUT2D eigenvalue weighted by Gasteiger charge is -2.11. The SMILES string of the molecule is [C-]#[N+]C(C)c1ccc(C)c(C(F)(F)F)c1. The first-order valence-corrected chi connectivity index (χ1v) is 4.40. The summed E-state index contributed by atoms with van der Waals surface area (Å²) < 4.78 is 37.6. The summed E-state index contributed by atoms with van der Waals surface area (Å²) in [6, 6.07) is 3.48. The number of aryl methyl sites for hydroxylation is 1. The second-order valence-corrected chi connectivity index (χ2v) is 3.38. The van der Waals surface area contributed by atoms with Crippen LogP contribution < -0.4 is 0 Å². The highest BCUT2D eigenvalue weighted by Gasteiger charge is 2.33. The molecule has 1 atom stereocenters. The van der Waals surface area contributed by atoms with E-state index in [-0.39, 0.29) is 5.56 Å². The summed E-state index contributed by atoms with van der Waals surface area (Å²) in [5.74, 6) is 0. The molecule has 0 bridgehead atoms. The van der Waals surface area contributed by atoms with Crippen molar-refractivity contribution < 1.29 is 13.2 Å². The van der Waals surface area contributed by atoms with Gasteiger partial charge in [0.25, 0.3) is 0 Å². The quantitative estimate of drug-likeness (QED) is 0.621. The molecule has 0 radical (unpaired) electrons. The van der Waals surface area contributed by atoms with Crippen LogP contribution in [-0.4, -0.2) is 0 Å². The predicted molar refractivity (Wildman–Crippen MR) is 51.2 cm³/mol. The van der Waals surface area contributed by atoms with Gasteiger partial charge in [-0.3, -0.25) is 0 Å². The average molecular weight is 213 g/mol. The van der Waals surface area contributed by atoms with E-state index in [0.717, 1.165) is 6.07 Å². The highest BCUT2D eigenvalue weighted by molar-refractivity contribution is 5.35. The van der Waals surface area contributed by atoms with Gasteiger partial charge in [0, 0.05) is 12.5 Å². The van der Waals surface area contributed by atoms with Crippen LogP contribution in [0.3, 0.4) is 0 Å². The Balaban J connectivity index is 3.24. The standard InChI is InChI=1S/C11H10F3N/c1-7-4-5-9(8(2)15-3)6-10(7)11(12,13)14/h4-6,8H,1-2H3. The fourth-order valence-corrected chi connectivity index (χ4v) is 1.28. The monoisotopic (exact) mass is 213 g/mol. The van der Waals surface area contributed by atoms with E-state index in [2.05, 4.69) is 4.85 Å². The maximum Gasteiger partial charge on any atom is 0.416 e. The van der Waals surface area contributed by atoms with E-state index in [9.17, 15) is 13.2 Å². The molecule has 4 heteroatoms. The van der Waals surface area contributed by atoms with E-state index in [1.54, 1.807) is 13.0 Å². The number of halogens is 3. The Bertz CT molecular complexity index is 401. The summed E-state index contributed by atoms with van der Waals surface area (Å²) in [5.41, 5.74) is -0.0677. The van der Waals surface area contributed by atoms with Gasteiger partial charge >= 0.3 is 6.18 Å². The molecule has 0 saturated heterocycles. The molecule has 0 fully saturated rings. The molecule has 0 saturated carbocycles. The van der Waals surface area contributed by atoms with Crippen molar-refractivity contribution in [3.63, 3.8) is 0 Å². The van der Waals surface area contributed by atoms with E-state index in [4.69, 9.17) is 6.57 Å². The van der Waals surface area contributed by atoms with Gasteiger partial charge < -0.3 is 4.85 Å². The molecule has 1 aromatic rings. The Hall–Kier alpha value is -1.50. The molecule has 0 heterocycles. The Morgan fingerprint density at radius 2 is 1.93 bits per heavy atom. The predicted octanol–water partition coefficient (Wildman–Crippen LogP) is 3.99. The van der Waals surface area contributed by atoms with Crippen LogP contribution in [0, 0.1) is 13.5 Å². The summed E-state index contributed by atoms with van der Waals surface area (Å²) in [6.45, 7) is 9.76. The first kappa shape index (κ1) is 11.6. The zero-order valence-corrected chi connectivity index (χ0v) is 8.39. The molecule has 1 rings (SSSR count). The van der Waals surface area contributed by atoms with E-state index >= 15 is 0 Å². The third-order valence-corrected chi connectivity index (χ3v) is 2.24. The van der Waals surface area contributed by atoms with Gasteiger partial charge in [-0.1, -0.05) is 12.1 Å². The van der Waals surface area contributed by atoms with Crippen LogP contribution in [0.2, 0.25) is 0 Å². The number of benzene rings is 1. The molecule has 0 aliphatic heterocycles. The van der Waals surface area contributed by atoms with Crippen molar-refractivity contribution in [2.24, 2.45) is 0 Å². The molecule has 1 nitrogen and oxygen atoms in total. The summed E-state index contributed by atoms with van der Waals surface area (Å²) in [6.07, 6.45) is -4.35. The van der Waals surface area contributed by atoms with E-state index in [0.29, 0.717) is 5.56 Å². The van der Waals surface area contributed by atoms with Crippen LogP contribution >= 0.6 is 0 Å². The second-order valence-electron chi connectivity index (χ2n) is 3.38. The van der Waals surface area contributed by atoms with Gasteiger partial charge in [0.2, 0.25) is 6.04 Å². The van der Waals surface area contributed by atoms with Crippen molar-refractivity contribution in [3.05, 3.63) is 46.3 Å². The molecule has 0 aliphatic carbocycles. The van der Waals surface area contributed by atoms with Crippen molar-refractivity contribution in [1.82, 2.24) is 0 Å². The Kier molecular flexibility index (Phi) is 3.04. The topological polar surface area (TPSA) is 4.36 Å². The van der Waals surface area contributed by atoms with Gasteiger partial charge in [-0.05, 0) is 18.6 Å². The number of alkyl halides is 3. The molecule has 80 valence electrons. The van der Waals surface area contributed by atoms with E-state index < -0.39 is 17.8 Å². The maximum absolute atomic E-state index is 12.5. The molecular formula is C11H10F3N. The van der Waals surface area contributed by atoms with Gasteiger partial charge in [-0.2, -0.15) is 13.2 Å². The van der Waals surface area contributed by atoms with Crippen molar-refractivity contribution in [3.8, 4) is 0 Å². The van der Waals surface area contributed by atoms with Gasteiger partial charge in [-0.15, -0.1) is 0 Å². The third kappa shape index (κ3) is 2.50. The highest BCUT2D eigenvalue weighted by Crippen LogP contribution is 2.33. The van der Waals surface area contributed by atoms with Crippen LogP contribution in [0.25, 0.3) is 4.85 Å². The normalized spacial score (nSPS) is 13.3. The minimum Gasteiger partial charge on any atom is -0.309 e. The van der Waals surface area contributed by atoms with Crippen LogP contribution in [0.15, 0.2) is 18.2 Å². The number of rotatable bonds is 1. The zero-order chi connectivity index (χ0) is 11.6. The van der Waals surface area contributed by atoms with Crippen molar-refractivity contribution in [2.75, 3.05) is 0 Å². The largest absolute Gasteiger partial charge is 0.416 e. The molecule has 0 spiro atoms. The minimum atomic E-state index is -4.35. The Morgan fingerprint density at radius 1 is 1.33 bits per heavy atom. The first-order valence-electron chi connectivity index (χ1n) is 4.40. The number of hydrogen-bond acceptors (Lipinski definition) is 0. The van der Waals surface area contributed by atoms with Gasteiger partial charge in [0.1, 0.15) is 0 Å². The lowest BCUT2D eigenvalue weighted by atomic mass is 10.0. The van der Waals surface area contributed by atoms with E-state index in [1.165, 1.54) is 13.0 Å². The average Bonchev–Trinajstić information content (AvgIpc) is 2.15. The van der Waals surface area contributed by atoms with Gasteiger partial charge in [0.15, 0.2) is 0 Å². The molecule has 0 aromatic heterocycles. The van der Waals surface area contributed by atoms with Gasteiger partial charge in [0.05, 0.1) is 5.56 Å². The number of hydrogen-bond donors (Lipinski definition) is 0. The van der Waals surface area contributed by atoms with Crippen molar-refractivity contribution in [2.45, 2.75) is 26.1 Å². The second kappa shape index (κ2) is 3.93. The van der Waals surface area contributed by atoms with Crippen molar-refractivity contribution >= 4 is 0 Å². The Morgan fingerprint density at radius 3 is 2.40 bits per heavy atom. The molecule has 15 heavy (non-hydrogen) atoms.